The van der Waals surface area contributed by atoms with E-state index < -0.39 is 65.4 Å². The molecule has 2 bridgehead atoms. The number of ether oxygens (including phenoxy) is 3. The zero-order valence-corrected chi connectivity index (χ0v) is 28.0. The Morgan fingerprint density at radius 3 is 2.38 bits per heavy atom. The molecular weight excluding hydrogens is 686 g/mol. The van der Waals surface area contributed by atoms with E-state index in [1.54, 1.807) is 42.5 Å². The summed E-state index contributed by atoms with van der Waals surface area (Å²) in [6, 6.07) is 14.9. The fraction of sp³-hybridized carbons (Fsp3) is 0.316. The van der Waals surface area contributed by atoms with Crippen molar-refractivity contribution in [3.8, 4) is 11.5 Å². The van der Waals surface area contributed by atoms with E-state index >= 15 is 0 Å². The van der Waals surface area contributed by atoms with Gasteiger partial charge in [0.15, 0.2) is 29.7 Å². The molecule has 4 heterocycles. The van der Waals surface area contributed by atoms with E-state index in [1.165, 1.54) is 24.5 Å². The number of nitrogens with one attached hydrogen (secondary N) is 3. The monoisotopic (exact) mass is 720 g/mol. The maximum Gasteiger partial charge on any atom is 0.284 e. The van der Waals surface area contributed by atoms with Crippen molar-refractivity contribution in [3.63, 3.8) is 0 Å². The normalized spacial score (nSPS) is 30.4. The minimum Gasteiger partial charge on any atom is -0.504 e. The topological polar surface area (TPSA) is 225 Å². The number of aromatic hydroxyl groups is 1. The number of benzene rings is 3. The number of amides is 1. The van der Waals surface area contributed by atoms with Gasteiger partial charge in [0.1, 0.15) is 35.7 Å². The molecule has 15 heteroatoms. The summed E-state index contributed by atoms with van der Waals surface area (Å²) < 4.78 is 19.1. The summed E-state index contributed by atoms with van der Waals surface area (Å²) in [5.41, 5.74) is 0.187. The smallest absolute Gasteiger partial charge is 0.284 e. The number of carbonyl (C=O) groups excluding carboxylic acids is 3. The lowest BCUT2D eigenvalue weighted by molar-refractivity contribution is -0.723. The number of ketones is 2. The van der Waals surface area contributed by atoms with E-state index in [2.05, 4.69) is 15.3 Å². The number of aliphatic hydroxyl groups is 3. The number of quaternary nitrogens is 1. The fourth-order valence-corrected chi connectivity index (χ4v) is 8.47. The fourth-order valence-electron chi connectivity index (χ4n) is 8.47. The van der Waals surface area contributed by atoms with Crippen LogP contribution in [-0.2, 0) is 14.3 Å². The maximum atomic E-state index is 14.1. The summed E-state index contributed by atoms with van der Waals surface area (Å²) in [5.74, 6) is -3.65. The second kappa shape index (κ2) is 12.2. The number of phenolic OH excluding ortho intramolecular Hbond substituents is 1. The van der Waals surface area contributed by atoms with Gasteiger partial charge >= 0.3 is 0 Å². The molecule has 1 saturated carbocycles. The average molecular weight is 721 g/mol. The lowest BCUT2D eigenvalue weighted by atomic mass is 9.79. The molecule has 0 radical (unpaired) electrons. The lowest BCUT2D eigenvalue weighted by Crippen LogP contribution is -3.09. The van der Waals surface area contributed by atoms with E-state index in [-0.39, 0.29) is 57.7 Å². The highest BCUT2D eigenvalue weighted by atomic mass is 16.7. The number of aliphatic imine (C=N–C) groups is 2. The summed E-state index contributed by atoms with van der Waals surface area (Å²) in [7, 11) is 0. The van der Waals surface area contributed by atoms with Gasteiger partial charge in [-0.1, -0.05) is 42.5 Å². The first-order chi connectivity index (χ1) is 25.6. The van der Waals surface area contributed by atoms with Crippen molar-refractivity contribution >= 4 is 40.7 Å². The summed E-state index contributed by atoms with van der Waals surface area (Å²) >= 11 is 0. The maximum absolute atomic E-state index is 14.1. The number of rotatable bonds is 2. The number of phenols is 1. The Kier molecular flexibility index (Phi) is 7.69. The van der Waals surface area contributed by atoms with Crippen LogP contribution in [0.5, 0.6) is 11.5 Å². The van der Waals surface area contributed by atoms with E-state index in [1.807, 2.05) is 0 Å². The lowest BCUT2D eigenvalue weighted by Gasteiger charge is -2.47. The van der Waals surface area contributed by atoms with E-state index in [4.69, 9.17) is 19.6 Å². The third kappa shape index (κ3) is 4.99. The number of para-hydroxylation sites is 1. The first-order valence-electron chi connectivity index (χ1n) is 17.4. The molecule has 7 atom stereocenters. The Morgan fingerprint density at radius 2 is 1.60 bits per heavy atom. The van der Waals surface area contributed by atoms with Gasteiger partial charge in [0.25, 0.3) is 11.7 Å². The van der Waals surface area contributed by atoms with Gasteiger partial charge in [0.05, 0.1) is 11.8 Å². The number of fused-ring (bicyclic) bond motifs is 7. The van der Waals surface area contributed by atoms with Crippen molar-refractivity contribution in [1.82, 2.24) is 5.32 Å². The van der Waals surface area contributed by atoms with Crippen molar-refractivity contribution in [2.75, 3.05) is 6.67 Å². The largest absolute Gasteiger partial charge is 0.504 e. The molecular formula is C38H34N5O10+. The van der Waals surface area contributed by atoms with Crippen molar-refractivity contribution in [2.45, 2.75) is 67.9 Å². The first kappa shape index (κ1) is 33.3. The molecule has 6 aliphatic rings. The summed E-state index contributed by atoms with van der Waals surface area (Å²) in [6.07, 6.45) is -2.34. The molecule has 2 fully saturated rings. The quantitative estimate of drug-likeness (QED) is 0.154. The number of aliphatic hydroxyl groups excluding tert-OH is 3. The minimum absolute atomic E-state index is 0.0735. The Balaban J connectivity index is 1.28. The Hall–Kier alpha value is -5.58. The number of carbonyl (C=O) groups is 3. The van der Waals surface area contributed by atoms with Gasteiger partial charge in [0, 0.05) is 33.7 Å². The Morgan fingerprint density at radius 1 is 0.887 bits per heavy atom. The first-order valence-corrected chi connectivity index (χ1v) is 17.4. The highest BCUT2D eigenvalue weighted by Gasteiger charge is 2.56. The summed E-state index contributed by atoms with van der Waals surface area (Å²) in [6.45, 7) is 0.0735. The van der Waals surface area contributed by atoms with Crippen LogP contribution in [0.2, 0.25) is 0 Å². The van der Waals surface area contributed by atoms with Gasteiger partial charge in [0.2, 0.25) is 18.0 Å². The van der Waals surface area contributed by atoms with Gasteiger partial charge in [-0.25, -0.2) is 9.89 Å². The number of hydrogen-bond acceptors (Lipinski definition) is 12. The molecule has 3 aromatic rings. The molecule has 2 aliphatic carbocycles. The molecule has 1 spiro atoms. The van der Waals surface area contributed by atoms with Crippen LogP contribution >= 0.6 is 0 Å². The van der Waals surface area contributed by atoms with Crippen molar-refractivity contribution in [1.29, 1.82) is 5.41 Å². The van der Waals surface area contributed by atoms with Crippen molar-refractivity contribution in [2.24, 2.45) is 9.98 Å². The number of guanidine groups is 1. The highest BCUT2D eigenvalue weighted by Crippen LogP contribution is 2.49. The van der Waals surface area contributed by atoms with E-state index in [0.29, 0.717) is 29.0 Å². The Labute approximate surface area is 301 Å². The summed E-state index contributed by atoms with van der Waals surface area (Å²) in [5, 5.41) is 56.1. The van der Waals surface area contributed by atoms with Crippen LogP contribution in [0.25, 0.3) is 0 Å². The molecule has 1 unspecified atom stereocenters. The second-order valence-corrected chi connectivity index (χ2v) is 14.0. The molecule has 3 aromatic carbocycles. The predicted molar refractivity (Wildman–Crippen MR) is 185 cm³/mol. The standard InChI is InChI=1S/C38H33N5O10/c39-37-41-34-25(35(50)42-37)40-16-43(34)23-10-4-3-7-18(23)17-11-14-51-38(12-5-6-13-38)33-30(48)29(47)31(49)36(53-33)52-32-21(17)15-22-24(28(32)46)27(45)20-9-2-1-8-19(20)26(22)44/h1-4,7-11,14-15,17,29-31,33,36,46-49H,5-6,12-13,16H2,(H2,39,42,50)/p+1/b14-11-/t17-,29+,30+,31-,33+,36-/m0/s1. The van der Waals surface area contributed by atoms with Crippen LogP contribution < -0.4 is 15.0 Å². The van der Waals surface area contributed by atoms with E-state index in [9.17, 15) is 34.8 Å². The van der Waals surface area contributed by atoms with Crippen LogP contribution in [-0.4, -0.2) is 98.4 Å². The zero-order chi connectivity index (χ0) is 36.8. The average Bonchev–Trinajstić information content (AvgIpc) is 3.81. The van der Waals surface area contributed by atoms with Crippen LogP contribution in [0.15, 0.2) is 76.9 Å². The highest BCUT2D eigenvalue weighted by molar-refractivity contribution is 6.68. The summed E-state index contributed by atoms with van der Waals surface area (Å²) in [4.78, 5) is 50.0. The van der Waals surface area contributed by atoms with Crippen LogP contribution in [0.3, 0.4) is 0 Å². The molecule has 53 heavy (non-hydrogen) atoms. The van der Waals surface area contributed by atoms with Crippen LogP contribution in [0, 0.1) is 5.41 Å². The van der Waals surface area contributed by atoms with Crippen LogP contribution in [0.4, 0.5) is 5.69 Å². The molecule has 1 saturated heterocycles. The Bertz CT molecular complexity index is 2230. The SMILES string of the molecule is N=C1N=C2C(=NC[NH+]2c2ccccc2[C@@H]2/C=C\OC3(CCCC3)[C@@H]3O[C@H](Oc4c2cc2c(c4O)C(=O)c4ccccc4C2=O)[C@@H](O)[C@H](O)[C@H]3O)C(=O)N1. The zero-order valence-electron chi connectivity index (χ0n) is 28.0. The number of allylic oxidation sites excluding steroid dienone is 1. The second-order valence-electron chi connectivity index (χ2n) is 14.0. The van der Waals surface area contributed by atoms with Gasteiger partial charge in [-0.3, -0.25) is 25.1 Å². The molecule has 9 rings (SSSR count). The molecule has 1 amide bonds. The third-order valence-corrected chi connectivity index (χ3v) is 11.0. The molecule has 4 aliphatic heterocycles. The molecule has 270 valence electrons. The number of hydrogen-bond donors (Lipinski definition) is 7. The van der Waals surface area contributed by atoms with Gasteiger partial charge in [-0.2, -0.15) is 4.99 Å². The van der Waals surface area contributed by atoms with Crippen LogP contribution in [0.1, 0.15) is 74.6 Å². The van der Waals surface area contributed by atoms with Gasteiger partial charge < -0.3 is 34.6 Å². The number of amidine groups is 1. The predicted octanol–water partition coefficient (Wildman–Crippen LogP) is 0.734. The molecule has 0 aromatic heterocycles. The third-order valence-electron chi connectivity index (χ3n) is 11.0. The van der Waals surface area contributed by atoms with E-state index in [0.717, 1.165) is 12.8 Å². The van der Waals surface area contributed by atoms with Gasteiger partial charge in [-0.15, -0.1) is 0 Å². The number of nitrogens with zero attached hydrogens (tertiary/aromatic N) is 2. The molecule has 15 nitrogen and oxygen atoms in total. The van der Waals surface area contributed by atoms with Gasteiger partial charge in [-0.05, 0) is 43.9 Å². The van der Waals surface area contributed by atoms with Crippen molar-refractivity contribution < 1.29 is 53.9 Å². The van der Waals surface area contributed by atoms with Crippen molar-refractivity contribution in [3.05, 3.63) is 100 Å². The minimum atomic E-state index is -1.80. The molecule has 7 N–H and O–H groups in total.